The number of thioether (sulfide) groups is 1. The van der Waals surface area contributed by atoms with E-state index in [0.717, 1.165) is 0 Å². The third-order valence-electron chi connectivity index (χ3n) is 3.21. The van der Waals surface area contributed by atoms with Crippen LogP contribution in [0.15, 0.2) is 34.1 Å². The highest BCUT2D eigenvalue weighted by Gasteiger charge is 2.34. The monoisotopic (exact) mass is 355 g/mol. The first-order valence-corrected chi connectivity index (χ1v) is 8.84. The van der Waals surface area contributed by atoms with Gasteiger partial charge in [-0.3, -0.25) is 0 Å². The molecule has 22 heavy (non-hydrogen) atoms. The van der Waals surface area contributed by atoms with Gasteiger partial charge in [-0.2, -0.15) is 17.5 Å². The van der Waals surface area contributed by atoms with E-state index in [1.165, 1.54) is 28.6 Å². The summed E-state index contributed by atoms with van der Waals surface area (Å²) >= 11 is -0.272. The number of alkyl halides is 3. The predicted octanol–water partition coefficient (Wildman–Crippen LogP) is 3.10. The Kier molecular flexibility index (Phi) is 5.10. The first kappa shape index (κ1) is 17.6. The number of morpholine rings is 1. The molecule has 1 heterocycles. The average Bonchev–Trinajstić information content (AvgIpc) is 2.40. The van der Waals surface area contributed by atoms with Crippen molar-refractivity contribution in [3.63, 3.8) is 0 Å². The van der Waals surface area contributed by atoms with Crippen molar-refractivity contribution >= 4 is 21.8 Å². The van der Waals surface area contributed by atoms with Crippen molar-refractivity contribution in [1.29, 1.82) is 0 Å². The van der Waals surface area contributed by atoms with Crippen LogP contribution in [0.1, 0.15) is 13.8 Å². The van der Waals surface area contributed by atoms with Crippen LogP contribution in [0, 0.1) is 0 Å². The second kappa shape index (κ2) is 6.38. The second-order valence-corrected chi connectivity index (χ2v) is 8.12. The minimum atomic E-state index is -4.39. The van der Waals surface area contributed by atoms with Gasteiger partial charge in [0, 0.05) is 17.5 Å². The zero-order valence-electron chi connectivity index (χ0n) is 12.0. The maximum absolute atomic E-state index is 12.6. The molecule has 0 saturated carbocycles. The molecule has 0 bridgehead atoms. The molecule has 1 saturated heterocycles. The van der Waals surface area contributed by atoms with E-state index in [1.807, 2.05) is 0 Å². The lowest BCUT2D eigenvalue weighted by Gasteiger charge is -2.35. The average molecular weight is 355 g/mol. The van der Waals surface area contributed by atoms with E-state index in [9.17, 15) is 21.6 Å². The van der Waals surface area contributed by atoms with Crippen LogP contribution in [0.5, 0.6) is 0 Å². The Morgan fingerprint density at radius 1 is 1.23 bits per heavy atom. The molecule has 2 rings (SSSR count). The van der Waals surface area contributed by atoms with Gasteiger partial charge in [-0.15, -0.1) is 0 Å². The van der Waals surface area contributed by atoms with Crippen LogP contribution in [0.3, 0.4) is 0 Å². The van der Waals surface area contributed by atoms with E-state index in [4.69, 9.17) is 4.74 Å². The summed E-state index contributed by atoms with van der Waals surface area (Å²) in [5.41, 5.74) is -4.39. The van der Waals surface area contributed by atoms with Gasteiger partial charge in [0.15, 0.2) is 0 Å². The number of rotatable bonds is 3. The van der Waals surface area contributed by atoms with Gasteiger partial charge in [0.25, 0.3) is 0 Å². The third-order valence-corrected chi connectivity index (χ3v) is 5.95. The molecule has 0 radical (unpaired) electrons. The zero-order valence-corrected chi connectivity index (χ0v) is 13.6. The Labute approximate surface area is 131 Å². The molecular formula is C13H16F3NO3S2. The van der Waals surface area contributed by atoms with E-state index in [-0.39, 0.29) is 40.2 Å². The molecule has 1 aliphatic heterocycles. The highest BCUT2D eigenvalue weighted by Crippen LogP contribution is 2.37. The van der Waals surface area contributed by atoms with Gasteiger partial charge >= 0.3 is 5.51 Å². The number of halogens is 3. The Hall–Kier alpha value is -0.770. The summed E-state index contributed by atoms with van der Waals surface area (Å²) < 4.78 is 68.7. The molecule has 0 spiro atoms. The first-order valence-electron chi connectivity index (χ1n) is 6.59. The Morgan fingerprint density at radius 2 is 1.82 bits per heavy atom. The van der Waals surface area contributed by atoms with Crippen molar-refractivity contribution in [1.82, 2.24) is 4.31 Å². The molecule has 0 aromatic heterocycles. The van der Waals surface area contributed by atoms with E-state index in [1.54, 1.807) is 13.8 Å². The summed E-state index contributed by atoms with van der Waals surface area (Å²) in [5.74, 6) is 0. The summed E-state index contributed by atoms with van der Waals surface area (Å²) in [6.07, 6.45) is -0.217. The molecule has 1 fully saturated rings. The van der Waals surface area contributed by atoms with Crippen molar-refractivity contribution < 1.29 is 26.3 Å². The minimum Gasteiger partial charge on any atom is -0.375 e. The molecule has 0 N–H and O–H groups in total. The number of nitrogens with zero attached hydrogens (tertiary/aromatic N) is 1. The molecular weight excluding hydrogens is 339 g/mol. The molecule has 2 unspecified atom stereocenters. The van der Waals surface area contributed by atoms with Crippen LogP contribution < -0.4 is 0 Å². The quantitative estimate of drug-likeness (QED) is 0.782. The van der Waals surface area contributed by atoms with Crippen molar-refractivity contribution in [2.45, 2.75) is 41.3 Å². The number of ether oxygens (including phenoxy) is 1. The van der Waals surface area contributed by atoms with Crippen molar-refractivity contribution in [2.24, 2.45) is 0 Å². The standard InChI is InChI=1S/C13H16F3NO3S2/c1-9-8-20-10(2)7-17(9)22(18,19)12-5-3-11(4-6-12)21-13(14,15)16/h3-6,9-10H,7-8H2,1-2H3. The Balaban J connectivity index is 2.22. The van der Waals surface area contributed by atoms with Gasteiger partial charge in [0.05, 0.1) is 17.6 Å². The largest absolute Gasteiger partial charge is 0.446 e. The van der Waals surface area contributed by atoms with Crippen molar-refractivity contribution in [2.75, 3.05) is 13.2 Å². The molecule has 9 heteroatoms. The molecule has 124 valence electrons. The Morgan fingerprint density at radius 3 is 2.36 bits per heavy atom. The summed E-state index contributed by atoms with van der Waals surface area (Å²) in [5, 5.41) is 0. The maximum Gasteiger partial charge on any atom is 0.446 e. The minimum absolute atomic E-state index is 0.0139. The van der Waals surface area contributed by atoms with Crippen LogP contribution in [0.4, 0.5) is 13.2 Å². The summed E-state index contributed by atoms with van der Waals surface area (Å²) in [6.45, 7) is 4.03. The molecule has 1 aromatic carbocycles. The van der Waals surface area contributed by atoms with Gasteiger partial charge in [0.2, 0.25) is 10.0 Å². The van der Waals surface area contributed by atoms with E-state index in [2.05, 4.69) is 0 Å². The highest BCUT2D eigenvalue weighted by molar-refractivity contribution is 8.00. The number of benzene rings is 1. The van der Waals surface area contributed by atoms with Gasteiger partial charge in [-0.1, -0.05) is 0 Å². The molecule has 1 aliphatic rings. The third kappa shape index (κ3) is 4.15. The number of hydrogen-bond acceptors (Lipinski definition) is 4. The van der Waals surface area contributed by atoms with E-state index >= 15 is 0 Å². The molecule has 2 atom stereocenters. The summed E-state index contributed by atoms with van der Waals surface area (Å²) in [7, 11) is -3.74. The molecule has 1 aromatic rings. The molecule has 4 nitrogen and oxygen atoms in total. The lowest BCUT2D eigenvalue weighted by atomic mass is 10.2. The smallest absolute Gasteiger partial charge is 0.375 e. The topological polar surface area (TPSA) is 46.6 Å². The van der Waals surface area contributed by atoms with Gasteiger partial charge in [-0.25, -0.2) is 8.42 Å². The number of sulfonamides is 1. The normalized spacial score (nSPS) is 24.4. The predicted molar refractivity (Wildman–Crippen MR) is 77.1 cm³/mol. The van der Waals surface area contributed by atoms with Gasteiger partial charge in [-0.05, 0) is 49.9 Å². The summed E-state index contributed by atoms with van der Waals surface area (Å²) in [4.78, 5) is -0.0604. The fraction of sp³-hybridized carbons (Fsp3) is 0.538. The number of hydrogen-bond donors (Lipinski definition) is 0. The van der Waals surface area contributed by atoms with Crippen LogP contribution in [-0.4, -0.2) is 43.5 Å². The van der Waals surface area contributed by atoms with E-state index < -0.39 is 15.5 Å². The van der Waals surface area contributed by atoms with Crippen molar-refractivity contribution in [3.8, 4) is 0 Å². The fourth-order valence-electron chi connectivity index (χ4n) is 2.16. The van der Waals surface area contributed by atoms with Gasteiger partial charge < -0.3 is 4.74 Å². The lowest BCUT2D eigenvalue weighted by Crippen LogP contribution is -2.50. The van der Waals surface area contributed by atoms with Crippen LogP contribution in [0.2, 0.25) is 0 Å². The first-order chi connectivity index (χ1) is 10.1. The van der Waals surface area contributed by atoms with Crippen LogP contribution in [0.25, 0.3) is 0 Å². The Bertz CT molecular complexity index is 616. The highest BCUT2D eigenvalue weighted by atomic mass is 32.2. The lowest BCUT2D eigenvalue weighted by molar-refractivity contribution is -0.0328. The maximum atomic E-state index is 12.6. The van der Waals surface area contributed by atoms with Crippen LogP contribution in [-0.2, 0) is 14.8 Å². The van der Waals surface area contributed by atoms with Crippen molar-refractivity contribution in [3.05, 3.63) is 24.3 Å². The summed E-state index contributed by atoms with van der Waals surface area (Å²) in [6, 6.07) is 4.43. The van der Waals surface area contributed by atoms with Crippen LogP contribution >= 0.6 is 11.8 Å². The zero-order chi connectivity index (χ0) is 16.5. The SMILES string of the molecule is CC1CN(S(=O)(=O)c2ccc(SC(F)(F)F)cc2)C(C)CO1. The second-order valence-electron chi connectivity index (χ2n) is 5.09. The van der Waals surface area contributed by atoms with E-state index in [0.29, 0.717) is 6.61 Å². The van der Waals surface area contributed by atoms with Gasteiger partial charge in [0.1, 0.15) is 0 Å². The molecule has 0 amide bonds. The fourth-order valence-corrected chi connectivity index (χ4v) is 4.39. The molecule has 0 aliphatic carbocycles.